The normalized spacial score (nSPS) is 13.3. The average Bonchev–Trinajstić information content (AvgIpc) is 2.17. The van der Waals surface area contributed by atoms with Crippen molar-refractivity contribution in [2.24, 2.45) is 0 Å². The second kappa shape index (κ2) is 4.75. The van der Waals surface area contributed by atoms with E-state index in [1.54, 1.807) is 12.4 Å². The van der Waals surface area contributed by atoms with Crippen LogP contribution in [-0.2, 0) is 4.79 Å². The maximum absolute atomic E-state index is 11.7. The second-order valence-corrected chi connectivity index (χ2v) is 5.93. The number of amides is 1. The summed E-state index contributed by atoms with van der Waals surface area (Å²) in [6.07, 6.45) is 3.44. The largest absolute Gasteiger partial charge is 0.348 e. The zero-order valence-corrected chi connectivity index (χ0v) is 10.7. The average molecular weight is 271 g/mol. The smallest absolute Gasteiger partial charge is 0.236 e. The molecule has 1 rings (SSSR count). The van der Waals surface area contributed by atoms with Gasteiger partial charge in [0.1, 0.15) is 0 Å². The summed E-state index contributed by atoms with van der Waals surface area (Å²) >= 11 is 3.32. The SMILES string of the molecule is C[C@@H](NC(=O)C(C)(C)Br)c1ccncc1. The van der Waals surface area contributed by atoms with Gasteiger partial charge in [0.2, 0.25) is 5.91 Å². The van der Waals surface area contributed by atoms with E-state index in [0.29, 0.717) is 0 Å². The first kappa shape index (κ1) is 12.2. The number of alkyl halides is 1. The van der Waals surface area contributed by atoms with Gasteiger partial charge in [0, 0.05) is 12.4 Å². The summed E-state index contributed by atoms with van der Waals surface area (Å²) in [5.74, 6) is -0.0215. The molecule has 1 N–H and O–H groups in total. The van der Waals surface area contributed by atoms with Gasteiger partial charge < -0.3 is 5.32 Å². The Labute approximate surface area is 98.4 Å². The minimum Gasteiger partial charge on any atom is -0.348 e. The predicted octanol–water partition coefficient (Wildman–Crippen LogP) is 2.43. The molecule has 15 heavy (non-hydrogen) atoms. The van der Waals surface area contributed by atoms with Gasteiger partial charge >= 0.3 is 0 Å². The van der Waals surface area contributed by atoms with E-state index >= 15 is 0 Å². The third kappa shape index (κ3) is 3.63. The van der Waals surface area contributed by atoms with Crippen molar-refractivity contribution in [3.05, 3.63) is 30.1 Å². The van der Waals surface area contributed by atoms with Gasteiger partial charge in [0.25, 0.3) is 0 Å². The summed E-state index contributed by atoms with van der Waals surface area (Å²) in [5, 5.41) is 2.92. The summed E-state index contributed by atoms with van der Waals surface area (Å²) in [4.78, 5) is 15.6. The zero-order chi connectivity index (χ0) is 11.5. The van der Waals surface area contributed by atoms with E-state index < -0.39 is 4.32 Å². The third-order valence-electron chi connectivity index (χ3n) is 2.09. The number of nitrogens with zero attached hydrogens (tertiary/aromatic N) is 1. The van der Waals surface area contributed by atoms with E-state index in [4.69, 9.17) is 0 Å². The van der Waals surface area contributed by atoms with Gasteiger partial charge in [-0.3, -0.25) is 9.78 Å². The summed E-state index contributed by atoms with van der Waals surface area (Å²) in [5.41, 5.74) is 1.05. The number of nitrogens with one attached hydrogen (secondary N) is 1. The standard InChI is InChI=1S/C11H15BrN2O/c1-8(9-4-6-13-7-5-9)14-10(15)11(2,3)12/h4-8H,1-3H3,(H,14,15)/t8-/m1/s1. The lowest BCUT2D eigenvalue weighted by Gasteiger charge is -2.20. The Hall–Kier alpha value is -0.900. The molecule has 1 aromatic heterocycles. The second-order valence-electron chi connectivity index (χ2n) is 3.95. The van der Waals surface area contributed by atoms with E-state index in [1.807, 2.05) is 32.9 Å². The Morgan fingerprint density at radius 2 is 2.00 bits per heavy atom. The predicted molar refractivity (Wildman–Crippen MR) is 63.8 cm³/mol. The molecular formula is C11H15BrN2O. The fourth-order valence-electron chi connectivity index (χ4n) is 1.10. The molecule has 0 aliphatic heterocycles. The molecule has 3 nitrogen and oxygen atoms in total. The van der Waals surface area contributed by atoms with Crippen LogP contribution in [0.5, 0.6) is 0 Å². The minimum absolute atomic E-state index is 0.00248. The highest BCUT2D eigenvalue weighted by Crippen LogP contribution is 2.18. The fourth-order valence-corrected chi connectivity index (χ4v) is 1.22. The Kier molecular flexibility index (Phi) is 3.85. The highest BCUT2D eigenvalue weighted by atomic mass is 79.9. The van der Waals surface area contributed by atoms with Crippen molar-refractivity contribution in [2.45, 2.75) is 31.1 Å². The van der Waals surface area contributed by atoms with Gasteiger partial charge in [-0.1, -0.05) is 15.9 Å². The zero-order valence-electron chi connectivity index (χ0n) is 9.12. The van der Waals surface area contributed by atoms with Crippen molar-refractivity contribution >= 4 is 21.8 Å². The summed E-state index contributed by atoms with van der Waals surface area (Å²) in [6, 6.07) is 3.79. The molecule has 0 fully saturated rings. The van der Waals surface area contributed by atoms with E-state index in [2.05, 4.69) is 26.2 Å². The van der Waals surface area contributed by atoms with Crippen molar-refractivity contribution in [1.29, 1.82) is 0 Å². The number of hydrogen-bond acceptors (Lipinski definition) is 2. The van der Waals surface area contributed by atoms with Gasteiger partial charge in [-0.25, -0.2) is 0 Å². The Balaban J connectivity index is 2.65. The summed E-state index contributed by atoms with van der Waals surface area (Å²) in [6.45, 7) is 5.59. The van der Waals surface area contributed by atoms with Crippen LogP contribution in [0.15, 0.2) is 24.5 Å². The Morgan fingerprint density at radius 3 is 2.47 bits per heavy atom. The van der Waals surface area contributed by atoms with E-state index in [0.717, 1.165) is 5.56 Å². The first-order chi connectivity index (χ1) is 6.91. The molecule has 0 saturated carbocycles. The lowest BCUT2D eigenvalue weighted by atomic mass is 10.1. The third-order valence-corrected chi connectivity index (χ3v) is 2.45. The van der Waals surface area contributed by atoms with Crippen LogP contribution < -0.4 is 5.32 Å². The molecule has 0 aromatic carbocycles. The molecule has 0 bridgehead atoms. The van der Waals surface area contributed by atoms with Crippen molar-refractivity contribution < 1.29 is 4.79 Å². The first-order valence-corrected chi connectivity index (χ1v) is 5.60. The lowest BCUT2D eigenvalue weighted by Crippen LogP contribution is -2.38. The van der Waals surface area contributed by atoms with Gasteiger partial charge in [-0.05, 0) is 38.5 Å². The molecule has 0 aliphatic rings. The quantitative estimate of drug-likeness (QED) is 0.858. The van der Waals surface area contributed by atoms with Gasteiger partial charge in [-0.15, -0.1) is 0 Å². The number of pyridine rings is 1. The van der Waals surface area contributed by atoms with Crippen LogP contribution in [0.4, 0.5) is 0 Å². The van der Waals surface area contributed by atoms with Gasteiger partial charge in [0.15, 0.2) is 0 Å². The molecule has 1 amide bonds. The molecule has 1 atom stereocenters. The van der Waals surface area contributed by atoms with Crippen LogP contribution in [0.1, 0.15) is 32.4 Å². The fraction of sp³-hybridized carbons (Fsp3) is 0.455. The topological polar surface area (TPSA) is 42.0 Å². The number of halogens is 1. The van der Waals surface area contributed by atoms with Crippen molar-refractivity contribution in [3.8, 4) is 0 Å². The van der Waals surface area contributed by atoms with E-state index in [9.17, 15) is 4.79 Å². The first-order valence-electron chi connectivity index (χ1n) is 4.81. The number of rotatable bonds is 3. The monoisotopic (exact) mass is 270 g/mol. The summed E-state index contributed by atoms with van der Waals surface area (Å²) in [7, 11) is 0. The molecule has 0 aliphatic carbocycles. The Morgan fingerprint density at radius 1 is 1.47 bits per heavy atom. The van der Waals surface area contributed by atoms with Crippen molar-refractivity contribution in [1.82, 2.24) is 10.3 Å². The molecule has 0 radical (unpaired) electrons. The highest BCUT2D eigenvalue weighted by molar-refractivity contribution is 9.10. The van der Waals surface area contributed by atoms with Crippen molar-refractivity contribution in [3.63, 3.8) is 0 Å². The maximum atomic E-state index is 11.7. The molecule has 82 valence electrons. The number of carbonyl (C=O) groups excluding carboxylic acids is 1. The number of hydrogen-bond donors (Lipinski definition) is 1. The van der Waals surface area contributed by atoms with E-state index in [1.165, 1.54) is 0 Å². The Bertz CT molecular complexity index is 332. The van der Waals surface area contributed by atoms with Crippen LogP contribution in [0.3, 0.4) is 0 Å². The number of carbonyl (C=O) groups is 1. The van der Waals surface area contributed by atoms with Crippen LogP contribution >= 0.6 is 15.9 Å². The minimum atomic E-state index is -0.533. The van der Waals surface area contributed by atoms with Gasteiger partial charge in [0.05, 0.1) is 10.4 Å². The molecule has 0 unspecified atom stereocenters. The highest BCUT2D eigenvalue weighted by Gasteiger charge is 2.24. The summed E-state index contributed by atoms with van der Waals surface area (Å²) < 4.78 is -0.533. The van der Waals surface area contributed by atoms with Gasteiger partial charge in [-0.2, -0.15) is 0 Å². The lowest BCUT2D eigenvalue weighted by molar-refractivity contribution is -0.123. The van der Waals surface area contributed by atoms with E-state index in [-0.39, 0.29) is 11.9 Å². The maximum Gasteiger partial charge on any atom is 0.236 e. The molecule has 1 heterocycles. The van der Waals surface area contributed by atoms with Crippen LogP contribution in [-0.4, -0.2) is 15.2 Å². The molecular weight excluding hydrogens is 256 g/mol. The molecule has 4 heteroatoms. The van der Waals surface area contributed by atoms with Crippen LogP contribution in [0, 0.1) is 0 Å². The van der Waals surface area contributed by atoms with Crippen molar-refractivity contribution in [2.75, 3.05) is 0 Å². The number of aromatic nitrogens is 1. The molecule has 0 saturated heterocycles. The molecule has 1 aromatic rings. The molecule has 0 spiro atoms. The van der Waals surface area contributed by atoms with Crippen LogP contribution in [0.2, 0.25) is 0 Å². The van der Waals surface area contributed by atoms with Crippen LogP contribution in [0.25, 0.3) is 0 Å².